The SMILES string of the molecule is CC(C)Oc1cc(-n2nc(C(C)(C)C)oc2=O)c(N)cc1Cl. The third-order valence-corrected chi connectivity index (χ3v) is 3.16. The largest absolute Gasteiger partial charge is 0.489 e. The third-order valence-electron chi connectivity index (χ3n) is 2.86. The third kappa shape index (κ3) is 3.27. The first kappa shape index (κ1) is 16.4. The van der Waals surface area contributed by atoms with Crippen LogP contribution < -0.4 is 16.2 Å². The van der Waals surface area contributed by atoms with Gasteiger partial charge >= 0.3 is 5.76 Å². The zero-order chi connectivity index (χ0) is 16.7. The number of halogens is 1. The molecular weight excluding hydrogens is 306 g/mol. The molecule has 1 heterocycles. The smallest absolute Gasteiger partial charge is 0.442 e. The molecule has 0 aliphatic carbocycles. The highest BCUT2D eigenvalue weighted by Crippen LogP contribution is 2.32. The van der Waals surface area contributed by atoms with E-state index in [1.807, 2.05) is 34.6 Å². The average Bonchev–Trinajstić information content (AvgIpc) is 2.74. The summed E-state index contributed by atoms with van der Waals surface area (Å²) in [6.45, 7) is 9.47. The molecule has 0 bridgehead atoms. The molecule has 0 saturated carbocycles. The lowest BCUT2D eigenvalue weighted by molar-refractivity contribution is 0.242. The molecular formula is C15H20ClN3O3. The van der Waals surface area contributed by atoms with Gasteiger partial charge in [0.25, 0.3) is 0 Å². The summed E-state index contributed by atoms with van der Waals surface area (Å²) in [6, 6.07) is 3.13. The van der Waals surface area contributed by atoms with E-state index in [4.69, 9.17) is 26.5 Å². The molecule has 0 amide bonds. The summed E-state index contributed by atoms with van der Waals surface area (Å²) in [5.41, 5.74) is 6.27. The molecule has 2 N–H and O–H groups in total. The number of aromatic nitrogens is 2. The Hall–Kier alpha value is -1.95. The van der Waals surface area contributed by atoms with Crippen molar-refractivity contribution in [3.05, 3.63) is 33.6 Å². The molecule has 22 heavy (non-hydrogen) atoms. The van der Waals surface area contributed by atoms with Crippen molar-refractivity contribution in [1.29, 1.82) is 0 Å². The van der Waals surface area contributed by atoms with Crippen LogP contribution in [0.15, 0.2) is 21.3 Å². The van der Waals surface area contributed by atoms with E-state index >= 15 is 0 Å². The van der Waals surface area contributed by atoms with Crippen molar-refractivity contribution in [3.8, 4) is 11.4 Å². The number of hydrogen-bond acceptors (Lipinski definition) is 5. The fourth-order valence-corrected chi connectivity index (χ4v) is 2.04. The Balaban J connectivity index is 2.58. The van der Waals surface area contributed by atoms with E-state index in [0.717, 1.165) is 4.68 Å². The van der Waals surface area contributed by atoms with Crippen LogP contribution in [0.1, 0.15) is 40.5 Å². The van der Waals surface area contributed by atoms with Crippen LogP contribution in [0.5, 0.6) is 5.75 Å². The fraction of sp³-hybridized carbons (Fsp3) is 0.467. The highest BCUT2D eigenvalue weighted by atomic mass is 35.5. The Morgan fingerprint density at radius 3 is 2.50 bits per heavy atom. The lowest BCUT2D eigenvalue weighted by Gasteiger charge is -2.14. The van der Waals surface area contributed by atoms with Gasteiger partial charge in [-0.2, -0.15) is 4.68 Å². The molecule has 0 aliphatic heterocycles. The Labute approximate surface area is 133 Å². The summed E-state index contributed by atoms with van der Waals surface area (Å²) in [4.78, 5) is 12.1. The standard InChI is InChI=1S/C15H20ClN3O3/c1-8(2)21-12-7-11(10(17)6-9(12)16)19-14(20)22-13(18-19)15(3,4)5/h6-8H,17H2,1-5H3. The minimum absolute atomic E-state index is 0.0619. The van der Waals surface area contributed by atoms with Crippen molar-refractivity contribution in [2.75, 3.05) is 5.73 Å². The van der Waals surface area contributed by atoms with Crippen molar-refractivity contribution >= 4 is 17.3 Å². The Morgan fingerprint density at radius 2 is 2.00 bits per heavy atom. The molecule has 1 aromatic carbocycles. The fourth-order valence-electron chi connectivity index (χ4n) is 1.82. The van der Waals surface area contributed by atoms with Crippen LogP contribution in [-0.4, -0.2) is 15.9 Å². The maximum Gasteiger partial charge on any atom is 0.442 e. The average molecular weight is 326 g/mol. The molecule has 0 spiro atoms. The van der Waals surface area contributed by atoms with Crippen LogP contribution in [0.4, 0.5) is 5.69 Å². The van der Waals surface area contributed by atoms with E-state index in [1.165, 1.54) is 6.07 Å². The van der Waals surface area contributed by atoms with Gasteiger partial charge in [0, 0.05) is 11.5 Å². The maximum atomic E-state index is 12.1. The van der Waals surface area contributed by atoms with Gasteiger partial charge in [-0.3, -0.25) is 0 Å². The number of rotatable bonds is 3. The van der Waals surface area contributed by atoms with Crippen molar-refractivity contribution in [2.45, 2.75) is 46.1 Å². The molecule has 120 valence electrons. The summed E-state index contributed by atoms with van der Waals surface area (Å²) in [5, 5.41) is 4.60. The molecule has 2 aromatic rings. The van der Waals surface area contributed by atoms with Crippen LogP contribution in [0.25, 0.3) is 5.69 Å². The molecule has 6 nitrogen and oxygen atoms in total. The van der Waals surface area contributed by atoms with Crippen molar-refractivity contribution < 1.29 is 9.15 Å². The summed E-state index contributed by atoms with van der Waals surface area (Å²) in [5.74, 6) is 0.167. The molecule has 0 saturated heterocycles. The summed E-state index contributed by atoms with van der Waals surface area (Å²) in [6.07, 6.45) is -0.0619. The first-order chi connectivity index (χ1) is 10.1. The number of anilines is 1. The van der Waals surface area contributed by atoms with Crippen molar-refractivity contribution in [1.82, 2.24) is 9.78 Å². The summed E-state index contributed by atoms with van der Waals surface area (Å²) >= 11 is 6.11. The summed E-state index contributed by atoms with van der Waals surface area (Å²) < 4.78 is 11.9. The topological polar surface area (TPSA) is 83.3 Å². The summed E-state index contributed by atoms with van der Waals surface area (Å²) in [7, 11) is 0. The molecule has 0 fully saturated rings. The van der Waals surface area contributed by atoms with Gasteiger partial charge in [0.15, 0.2) is 0 Å². The Morgan fingerprint density at radius 1 is 1.36 bits per heavy atom. The lowest BCUT2D eigenvalue weighted by atomic mass is 9.97. The minimum atomic E-state index is -0.602. The van der Waals surface area contributed by atoms with Gasteiger partial charge in [-0.1, -0.05) is 32.4 Å². The normalized spacial score (nSPS) is 12.0. The predicted molar refractivity (Wildman–Crippen MR) is 86.0 cm³/mol. The molecule has 0 aliphatic rings. The number of hydrogen-bond donors (Lipinski definition) is 1. The van der Waals surface area contributed by atoms with Gasteiger partial charge in [0.1, 0.15) is 5.75 Å². The number of nitrogens with zero attached hydrogens (tertiary/aromatic N) is 2. The van der Waals surface area contributed by atoms with E-state index in [0.29, 0.717) is 28.0 Å². The van der Waals surface area contributed by atoms with Crippen LogP contribution >= 0.6 is 11.6 Å². The molecule has 0 radical (unpaired) electrons. The quantitative estimate of drug-likeness (QED) is 0.876. The molecule has 1 aromatic heterocycles. The van der Waals surface area contributed by atoms with Gasteiger partial charge in [0.05, 0.1) is 22.5 Å². The predicted octanol–water partition coefficient (Wildman–Crippen LogP) is 3.15. The van der Waals surface area contributed by atoms with Crippen LogP contribution in [0.2, 0.25) is 5.02 Å². The number of nitrogens with two attached hydrogens (primary N) is 1. The zero-order valence-corrected chi connectivity index (χ0v) is 14.1. The van der Waals surface area contributed by atoms with Crippen molar-refractivity contribution in [3.63, 3.8) is 0 Å². The Kier molecular flexibility index (Phi) is 4.24. The van der Waals surface area contributed by atoms with E-state index < -0.39 is 5.76 Å². The van der Waals surface area contributed by atoms with Crippen LogP contribution in [0, 0.1) is 0 Å². The zero-order valence-electron chi connectivity index (χ0n) is 13.3. The lowest BCUT2D eigenvalue weighted by Crippen LogP contribution is -2.16. The molecule has 0 unspecified atom stereocenters. The van der Waals surface area contributed by atoms with Gasteiger partial charge in [-0.05, 0) is 19.9 Å². The molecule has 7 heteroatoms. The van der Waals surface area contributed by atoms with Crippen molar-refractivity contribution in [2.24, 2.45) is 0 Å². The second-order valence-electron chi connectivity index (χ2n) is 6.34. The molecule has 0 atom stereocenters. The second kappa shape index (κ2) is 5.68. The van der Waals surface area contributed by atoms with Gasteiger partial charge < -0.3 is 14.9 Å². The first-order valence-electron chi connectivity index (χ1n) is 6.96. The second-order valence-corrected chi connectivity index (χ2v) is 6.75. The number of nitrogen functional groups attached to an aromatic ring is 1. The van der Waals surface area contributed by atoms with Gasteiger partial charge in [-0.25, -0.2) is 4.79 Å². The van der Waals surface area contributed by atoms with Crippen LogP contribution in [-0.2, 0) is 5.41 Å². The first-order valence-corrected chi connectivity index (χ1v) is 7.34. The van der Waals surface area contributed by atoms with E-state index in [-0.39, 0.29) is 11.5 Å². The highest BCUT2D eigenvalue weighted by molar-refractivity contribution is 6.32. The highest BCUT2D eigenvalue weighted by Gasteiger charge is 2.24. The van der Waals surface area contributed by atoms with Gasteiger partial charge in [-0.15, -0.1) is 5.10 Å². The van der Waals surface area contributed by atoms with E-state index in [2.05, 4.69) is 5.10 Å². The maximum absolute atomic E-state index is 12.1. The molecule has 2 rings (SSSR count). The van der Waals surface area contributed by atoms with Crippen LogP contribution in [0.3, 0.4) is 0 Å². The van der Waals surface area contributed by atoms with E-state index in [9.17, 15) is 4.79 Å². The number of ether oxygens (including phenoxy) is 1. The Bertz CT molecular complexity index is 741. The van der Waals surface area contributed by atoms with E-state index in [1.54, 1.807) is 6.07 Å². The minimum Gasteiger partial charge on any atom is -0.489 e. The van der Waals surface area contributed by atoms with Gasteiger partial charge in [0.2, 0.25) is 5.89 Å². The monoisotopic (exact) mass is 325 g/mol. The number of benzene rings is 1.